The third-order valence-corrected chi connectivity index (χ3v) is 3.74. The van der Waals surface area contributed by atoms with E-state index in [4.69, 9.17) is 9.47 Å². The number of hydrogen-bond donors (Lipinski definition) is 1. The number of hydrogen-bond acceptors (Lipinski definition) is 6. The number of rotatable bonds is 5. The molecule has 2 aromatic rings. The van der Waals surface area contributed by atoms with Gasteiger partial charge in [0.15, 0.2) is 11.5 Å². The van der Waals surface area contributed by atoms with Crippen LogP contribution in [0.15, 0.2) is 30.6 Å². The van der Waals surface area contributed by atoms with Gasteiger partial charge in [-0.25, -0.2) is 9.97 Å². The molecule has 0 aliphatic carbocycles. The van der Waals surface area contributed by atoms with Crippen molar-refractivity contribution >= 4 is 17.3 Å². The molecule has 0 saturated carbocycles. The van der Waals surface area contributed by atoms with E-state index < -0.39 is 0 Å². The summed E-state index contributed by atoms with van der Waals surface area (Å²) in [7, 11) is 3.25. The Labute approximate surface area is 130 Å². The van der Waals surface area contributed by atoms with Crippen molar-refractivity contribution in [2.45, 2.75) is 12.8 Å². The van der Waals surface area contributed by atoms with Gasteiger partial charge in [0.1, 0.15) is 18.0 Å². The molecule has 0 bridgehead atoms. The highest BCUT2D eigenvalue weighted by Crippen LogP contribution is 2.31. The van der Waals surface area contributed by atoms with E-state index in [1.807, 2.05) is 24.3 Å². The van der Waals surface area contributed by atoms with Crippen molar-refractivity contribution in [3.05, 3.63) is 30.6 Å². The highest BCUT2D eigenvalue weighted by atomic mass is 16.5. The normalized spacial score (nSPS) is 14.0. The molecule has 1 aliphatic rings. The molecule has 116 valence electrons. The predicted octanol–water partition coefficient (Wildman–Crippen LogP) is 2.84. The van der Waals surface area contributed by atoms with E-state index in [0.29, 0.717) is 11.5 Å². The quantitative estimate of drug-likeness (QED) is 0.916. The molecule has 1 aromatic carbocycles. The van der Waals surface area contributed by atoms with E-state index in [1.54, 1.807) is 20.5 Å². The van der Waals surface area contributed by atoms with Crippen LogP contribution in [0.1, 0.15) is 12.8 Å². The molecule has 0 spiro atoms. The van der Waals surface area contributed by atoms with Crippen LogP contribution in [0.2, 0.25) is 0 Å². The maximum Gasteiger partial charge on any atom is 0.162 e. The van der Waals surface area contributed by atoms with Gasteiger partial charge >= 0.3 is 0 Å². The summed E-state index contributed by atoms with van der Waals surface area (Å²) in [5.41, 5.74) is 0.892. The van der Waals surface area contributed by atoms with Crippen molar-refractivity contribution in [3.63, 3.8) is 0 Å². The van der Waals surface area contributed by atoms with Crippen LogP contribution in [0, 0.1) is 0 Å². The number of nitrogens with one attached hydrogen (secondary N) is 1. The van der Waals surface area contributed by atoms with Crippen LogP contribution in [0.4, 0.5) is 17.3 Å². The molecule has 6 nitrogen and oxygen atoms in total. The van der Waals surface area contributed by atoms with Crippen LogP contribution in [-0.4, -0.2) is 37.3 Å². The van der Waals surface area contributed by atoms with Gasteiger partial charge in [-0.3, -0.25) is 0 Å². The number of benzene rings is 1. The highest BCUT2D eigenvalue weighted by molar-refractivity contribution is 5.63. The lowest BCUT2D eigenvalue weighted by molar-refractivity contribution is 0.355. The summed E-state index contributed by atoms with van der Waals surface area (Å²) in [5.74, 6) is 3.12. The second kappa shape index (κ2) is 6.51. The fraction of sp³-hybridized carbons (Fsp3) is 0.375. The van der Waals surface area contributed by atoms with E-state index in [9.17, 15) is 0 Å². The predicted molar refractivity (Wildman–Crippen MR) is 86.3 cm³/mol. The average Bonchev–Trinajstić information content (AvgIpc) is 3.09. The van der Waals surface area contributed by atoms with Crippen LogP contribution >= 0.6 is 0 Å². The lowest BCUT2D eigenvalue weighted by Crippen LogP contribution is -2.19. The van der Waals surface area contributed by atoms with Gasteiger partial charge < -0.3 is 19.7 Å². The van der Waals surface area contributed by atoms with Crippen LogP contribution < -0.4 is 19.7 Å². The Morgan fingerprint density at radius 2 is 1.77 bits per heavy atom. The minimum Gasteiger partial charge on any atom is -0.493 e. The van der Waals surface area contributed by atoms with E-state index in [-0.39, 0.29) is 0 Å². The molecule has 0 atom stereocenters. The zero-order chi connectivity index (χ0) is 15.4. The van der Waals surface area contributed by atoms with E-state index in [1.165, 1.54) is 12.8 Å². The molecule has 22 heavy (non-hydrogen) atoms. The summed E-state index contributed by atoms with van der Waals surface area (Å²) < 4.78 is 10.6. The summed E-state index contributed by atoms with van der Waals surface area (Å²) in [6, 6.07) is 7.65. The number of ether oxygens (including phenoxy) is 2. The van der Waals surface area contributed by atoms with Crippen LogP contribution in [0.25, 0.3) is 0 Å². The van der Waals surface area contributed by atoms with E-state index in [2.05, 4.69) is 20.2 Å². The van der Waals surface area contributed by atoms with Gasteiger partial charge in [0.05, 0.1) is 14.2 Å². The van der Waals surface area contributed by atoms with Crippen molar-refractivity contribution < 1.29 is 9.47 Å². The van der Waals surface area contributed by atoms with Crippen molar-refractivity contribution in [2.24, 2.45) is 0 Å². The standard InChI is InChI=1S/C16H20N4O2/c1-21-13-6-5-12(9-14(13)22-2)19-15-10-16(18-11-17-15)20-7-3-4-8-20/h5-6,9-11H,3-4,7-8H2,1-2H3,(H,17,18,19). The van der Waals surface area contributed by atoms with Crippen molar-refractivity contribution in [3.8, 4) is 11.5 Å². The molecule has 0 unspecified atom stereocenters. The fourth-order valence-electron chi connectivity index (χ4n) is 2.60. The Kier molecular flexibility index (Phi) is 4.27. The smallest absolute Gasteiger partial charge is 0.162 e. The van der Waals surface area contributed by atoms with Gasteiger partial charge in [0.2, 0.25) is 0 Å². The van der Waals surface area contributed by atoms with Crippen LogP contribution in [0.3, 0.4) is 0 Å². The number of aromatic nitrogens is 2. The first-order valence-corrected chi connectivity index (χ1v) is 7.36. The minimum absolute atomic E-state index is 0.682. The first-order chi connectivity index (χ1) is 10.8. The number of anilines is 3. The van der Waals surface area contributed by atoms with Crippen molar-refractivity contribution in [1.82, 2.24) is 9.97 Å². The van der Waals surface area contributed by atoms with Crippen molar-refractivity contribution in [1.29, 1.82) is 0 Å². The molecule has 1 fully saturated rings. The lowest BCUT2D eigenvalue weighted by Gasteiger charge is -2.17. The lowest BCUT2D eigenvalue weighted by atomic mass is 10.2. The van der Waals surface area contributed by atoms with Crippen LogP contribution in [-0.2, 0) is 0 Å². The Bertz CT molecular complexity index is 642. The minimum atomic E-state index is 0.682. The zero-order valence-electron chi connectivity index (χ0n) is 12.9. The Hall–Kier alpha value is -2.50. The van der Waals surface area contributed by atoms with Gasteiger partial charge in [0.25, 0.3) is 0 Å². The monoisotopic (exact) mass is 300 g/mol. The summed E-state index contributed by atoms with van der Waals surface area (Å²) in [6.07, 6.45) is 4.04. The molecule has 0 radical (unpaired) electrons. The van der Waals surface area contributed by atoms with Gasteiger partial charge in [-0.2, -0.15) is 0 Å². The van der Waals surface area contributed by atoms with Gasteiger partial charge in [-0.1, -0.05) is 0 Å². The number of nitrogens with zero attached hydrogens (tertiary/aromatic N) is 3. The molecule has 1 N–H and O–H groups in total. The summed E-state index contributed by atoms with van der Waals surface area (Å²) >= 11 is 0. The highest BCUT2D eigenvalue weighted by Gasteiger charge is 2.14. The summed E-state index contributed by atoms with van der Waals surface area (Å²) in [4.78, 5) is 10.9. The molecule has 6 heteroatoms. The molecular formula is C16H20N4O2. The van der Waals surface area contributed by atoms with Crippen molar-refractivity contribution in [2.75, 3.05) is 37.5 Å². The zero-order valence-corrected chi connectivity index (χ0v) is 12.9. The van der Waals surface area contributed by atoms with Gasteiger partial charge in [-0.15, -0.1) is 0 Å². The van der Waals surface area contributed by atoms with Gasteiger partial charge in [0, 0.05) is 30.9 Å². The van der Waals surface area contributed by atoms with Gasteiger partial charge in [-0.05, 0) is 25.0 Å². The summed E-state index contributed by atoms with van der Waals surface area (Å²) in [5, 5.41) is 3.28. The number of methoxy groups -OCH3 is 2. The second-order valence-corrected chi connectivity index (χ2v) is 5.15. The Morgan fingerprint density at radius 1 is 1.00 bits per heavy atom. The largest absolute Gasteiger partial charge is 0.493 e. The maximum absolute atomic E-state index is 5.31. The Balaban J connectivity index is 1.79. The molecular weight excluding hydrogens is 280 g/mol. The molecule has 2 heterocycles. The molecule has 1 saturated heterocycles. The maximum atomic E-state index is 5.31. The van der Waals surface area contributed by atoms with E-state index >= 15 is 0 Å². The fourth-order valence-corrected chi connectivity index (χ4v) is 2.60. The first-order valence-electron chi connectivity index (χ1n) is 7.36. The molecule has 0 amide bonds. The summed E-state index contributed by atoms with van der Waals surface area (Å²) in [6.45, 7) is 2.12. The third-order valence-electron chi connectivity index (χ3n) is 3.74. The topological polar surface area (TPSA) is 59.5 Å². The SMILES string of the molecule is COc1ccc(Nc2cc(N3CCCC3)ncn2)cc1OC. The molecule has 1 aromatic heterocycles. The average molecular weight is 300 g/mol. The first kappa shape index (κ1) is 14.4. The van der Waals surface area contributed by atoms with E-state index in [0.717, 1.165) is 30.4 Å². The van der Waals surface area contributed by atoms with Crippen LogP contribution in [0.5, 0.6) is 11.5 Å². The Morgan fingerprint density at radius 3 is 2.50 bits per heavy atom. The molecule has 1 aliphatic heterocycles. The molecule has 3 rings (SSSR count). The second-order valence-electron chi connectivity index (χ2n) is 5.15. The third kappa shape index (κ3) is 3.05.